The Morgan fingerprint density at radius 1 is 1.21 bits per heavy atom. The van der Waals surface area contributed by atoms with Gasteiger partial charge in [0.2, 0.25) is 0 Å². The van der Waals surface area contributed by atoms with Crippen molar-refractivity contribution in [3.05, 3.63) is 58.8 Å². The highest BCUT2D eigenvalue weighted by molar-refractivity contribution is 6.18. The van der Waals surface area contributed by atoms with Crippen LogP contribution >= 0.6 is 0 Å². The van der Waals surface area contributed by atoms with Gasteiger partial charge in [-0.3, -0.25) is 9.79 Å². The summed E-state index contributed by atoms with van der Waals surface area (Å²) in [5.41, 5.74) is 2.50. The fraction of sp³-hybridized carbons (Fsp3) is 0.481. The number of aliphatic imine (C=N–C) groups is 2. The number of pyridine rings is 1. The third-order valence-corrected chi connectivity index (χ3v) is 6.31. The average molecular weight is 609 g/mol. The second-order valence-electron chi connectivity index (χ2n) is 9.54. The van der Waals surface area contributed by atoms with E-state index in [1.165, 1.54) is 33.0 Å². The number of allylic oxidation sites excluding steroid dienone is 4. The molecule has 1 aromatic rings. The lowest BCUT2D eigenvalue weighted by Gasteiger charge is -2.43. The number of halogens is 8. The number of amides is 1. The number of nitrogens with zero attached hydrogens (tertiary/aromatic N) is 4. The predicted molar refractivity (Wildman–Crippen MR) is 144 cm³/mol. The van der Waals surface area contributed by atoms with Gasteiger partial charge in [-0.1, -0.05) is 26.0 Å². The van der Waals surface area contributed by atoms with Crippen LogP contribution in [0.2, 0.25) is 0 Å². The zero-order valence-electron chi connectivity index (χ0n) is 23.3. The summed E-state index contributed by atoms with van der Waals surface area (Å²) in [5, 5.41) is 2.82. The van der Waals surface area contributed by atoms with Crippen molar-refractivity contribution in [3.8, 4) is 0 Å². The summed E-state index contributed by atoms with van der Waals surface area (Å²) in [4.78, 5) is 25.4. The van der Waals surface area contributed by atoms with E-state index in [4.69, 9.17) is 5.73 Å². The second-order valence-corrected chi connectivity index (χ2v) is 9.54. The van der Waals surface area contributed by atoms with Gasteiger partial charge in [0.25, 0.3) is 11.8 Å². The molecule has 1 unspecified atom stereocenters. The Hall–Kier alpha value is -3.78. The van der Waals surface area contributed by atoms with Crippen molar-refractivity contribution in [3.63, 3.8) is 0 Å². The number of alkyl halides is 8. The minimum Gasteiger partial charge on any atom is -0.394 e. The van der Waals surface area contributed by atoms with Crippen LogP contribution in [0.4, 0.5) is 35.1 Å². The Kier molecular flexibility index (Phi) is 11.4. The van der Waals surface area contributed by atoms with Crippen LogP contribution in [0.15, 0.2) is 57.4 Å². The summed E-state index contributed by atoms with van der Waals surface area (Å²) in [6.45, 7) is 3.14. The molecule has 1 aliphatic rings. The van der Waals surface area contributed by atoms with E-state index in [-0.39, 0.29) is 23.6 Å². The first-order chi connectivity index (χ1) is 19.4. The zero-order valence-corrected chi connectivity index (χ0v) is 23.3. The molecular formula is C27H32F8N6O. The fourth-order valence-corrected chi connectivity index (χ4v) is 4.32. The van der Waals surface area contributed by atoms with E-state index in [0.29, 0.717) is 18.7 Å². The first-order valence-electron chi connectivity index (χ1n) is 12.8. The van der Waals surface area contributed by atoms with Crippen LogP contribution in [0.1, 0.15) is 45.0 Å². The highest BCUT2D eigenvalue weighted by Gasteiger charge is 2.46. The largest absolute Gasteiger partial charge is 0.433 e. The van der Waals surface area contributed by atoms with Gasteiger partial charge in [0.1, 0.15) is 17.2 Å². The van der Waals surface area contributed by atoms with Crippen molar-refractivity contribution < 1.29 is 39.9 Å². The average Bonchev–Trinajstić information content (AvgIpc) is 2.88. The van der Waals surface area contributed by atoms with Crippen molar-refractivity contribution in [2.45, 2.75) is 57.9 Å². The maximum absolute atomic E-state index is 14.7. The summed E-state index contributed by atoms with van der Waals surface area (Å²) < 4.78 is 108. The molecule has 2 atom stereocenters. The van der Waals surface area contributed by atoms with Crippen LogP contribution in [0.3, 0.4) is 0 Å². The molecule has 15 heteroatoms. The summed E-state index contributed by atoms with van der Waals surface area (Å²) in [6.07, 6.45) is -5.72. The third kappa shape index (κ3) is 9.11. The molecule has 1 fully saturated rings. The zero-order chi connectivity index (χ0) is 31.9. The molecule has 2 heterocycles. The number of aromatic nitrogens is 1. The van der Waals surface area contributed by atoms with Gasteiger partial charge in [-0.15, -0.1) is 0 Å². The smallest absolute Gasteiger partial charge is 0.394 e. The maximum atomic E-state index is 14.7. The van der Waals surface area contributed by atoms with E-state index in [1.54, 1.807) is 6.92 Å². The van der Waals surface area contributed by atoms with Crippen molar-refractivity contribution in [2.24, 2.45) is 21.6 Å². The van der Waals surface area contributed by atoms with E-state index < -0.39 is 66.1 Å². The lowest BCUT2D eigenvalue weighted by atomic mass is 9.88. The summed E-state index contributed by atoms with van der Waals surface area (Å²) in [5.74, 6) is -5.21. The van der Waals surface area contributed by atoms with Gasteiger partial charge in [-0.2, -0.15) is 26.3 Å². The highest BCUT2D eigenvalue weighted by atomic mass is 19.4. The molecule has 0 aliphatic carbocycles. The number of piperidine rings is 1. The first kappa shape index (κ1) is 34.4. The van der Waals surface area contributed by atoms with Gasteiger partial charge in [0.05, 0.1) is 23.9 Å². The molecular weight excluding hydrogens is 576 g/mol. The summed E-state index contributed by atoms with van der Waals surface area (Å²) in [7, 11) is 1.27. The number of nitrogens with two attached hydrogens (primary N) is 1. The van der Waals surface area contributed by atoms with E-state index in [0.717, 1.165) is 23.3 Å². The van der Waals surface area contributed by atoms with E-state index in [1.807, 2.05) is 0 Å². The SMILES string of the molecule is C\C=C(/C=N/C(=C/CC)NCC1[C@H](C)CC(F)(F)CN1C(=O)C(N)=C(C=NC)c1cccc(C(F)(F)F)n1)C(F)(F)F. The second kappa shape index (κ2) is 13.9. The van der Waals surface area contributed by atoms with Crippen LogP contribution in [-0.2, 0) is 11.0 Å². The summed E-state index contributed by atoms with van der Waals surface area (Å²) >= 11 is 0. The number of carbonyl (C=O) groups excluding carboxylic acids is 1. The van der Waals surface area contributed by atoms with Crippen LogP contribution in [0, 0.1) is 5.92 Å². The summed E-state index contributed by atoms with van der Waals surface area (Å²) in [6, 6.07) is 1.99. The molecule has 42 heavy (non-hydrogen) atoms. The molecule has 7 nitrogen and oxygen atoms in total. The first-order valence-corrected chi connectivity index (χ1v) is 12.8. The Bertz CT molecular complexity index is 1260. The quantitative estimate of drug-likeness (QED) is 0.212. The molecule has 1 aromatic heterocycles. The van der Waals surface area contributed by atoms with Crippen molar-refractivity contribution in [1.29, 1.82) is 0 Å². The van der Waals surface area contributed by atoms with Crippen molar-refractivity contribution in [1.82, 2.24) is 15.2 Å². The molecule has 1 saturated heterocycles. The van der Waals surface area contributed by atoms with Crippen LogP contribution in [-0.4, -0.2) is 66.5 Å². The number of hydrogen-bond acceptors (Lipinski definition) is 6. The Balaban J connectivity index is 2.47. The Labute approximate surface area is 238 Å². The standard InChI is InChI=1S/C27H32F8N6O/c1-5-8-22(38-12-17(6-2)26(30,31)32)39-14-20-16(3)11-25(28,29)15-41(20)24(42)23(36)18(13-37-4)19-9-7-10-21(40-19)27(33,34)35/h6-10,12-13,16,20,39H,5,11,14-15,36H2,1-4H3/b17-6+,22-8-,23-18?,37-13?,38-12+/t16-,20?/m1/s1. The minimum absolute atomic E-state index is 0.0218. The Morgan fingerprint density at radius 3 is 2.43 bits per heavy atom. The molecule has 0 spiro atoms. The van der Waals surface area contributed by atoms with Gasteiger partial charge in [-0.05, 0) is 37.5 Å². The normalized spacial score (nSPS) is 21.2. The molecule has 1 aliphatic heterocycles. The lowest BCUT2D eigenvalue weighted by Crippen LogP contribution is -2.59. The lowest BCUT2D eigenvalue weighted by molar-refractivity contribution is -0.148. The number of likely N-dealkylation sites (tertiary alicyclic amines) is 1. The van der Waals surface area contributed by atoms with Gasteiger partial charge in [0.15, 0.2) is 0 Å². The minimum atomic E-state index is -4.80. The molecule has 232 valence electrons. The number of carbonyl (C=O) groups is 1. The van der Waals surface area contributed by atoms with Crippen molar-refractivity contribution in [2.75, 3.05) is 20.1 Å². The van der Waals surface area contributed by atoms with Crippen molar-refractivity contribution >= 4 is 23.9 Å². The topological polar surface area (TPSA) is 96.0 Å². The van der Waals surface area contributed by atoms with Gasteiger partial charge >= 0.3 is 12.4 Å². The molecule has 0 aromatic carbocycles. The molecule has 0 bridgehead atoms. The molecule has 0 saturated carbocycles. The van der Waals surface area contributed by atoms with E-state index >= 15 is 0 Å². The number of hydrogen-bond donors (Lipinski definition) is 2. The third-order valence-electron chi connectivity index (χ3n) is 6.31. The number of rotatable bonds is 9. The Morgan fingerprint density at radius 2 is 1.88 bits per heavy atom. The highest BCUT2D eigenvalue weighted by Crippen LogP contribution is 2.35. The maximum Gasteiger partial charge on any atom is 0.433 e. The molecule has 2 rings (SSSR count). The van der Waals surface area contributed by atoms with Crippen LogP contribution < -0.4 is 11.1 Å². The van der Waals surface area contributed by atoms with Gasteiger partial charge < -0.3 is 16.0 Å². The van der Waals surface area contributed by atoms with Gasteiger partial charge in [0, 0.05) is 38.0 Å². The van der Waals surface area contributed by atoms with Gasteiger partial charge in [-0.25, -0.2) is 18.8 Å². The van der Waals surface area contributed by atoms with E-state index in [9.17, 15) is 39.9 Å². The predicted octanol–water partition coefficient (Wildman–Crippen LogP) is 5.76. The molecule has 3 N–H and O–H groups in total. The molecule has 0 radical (unpaired) electrons. The van der Waals surface area contributed by atoms with E-state index in [2.05, 4.69) is 20.3 Å². The van der Waals surface area contributed by atoms with Crippen LogP contribution in [0.5, 0.6) is 0 Å². The number of nitrogens with one attached hydrogen (secondary N) is 1. The van der Waals surface area contributed by atoms with Crippen LogP contribution in [0.25, 0.3) is 5.57 Å². The monoisotopic (exact) mass is 608 g/mol. The fourth-order valence-electron chi connectivity index (χ4n) is 4.32. The molecule has 1 amide bonds.